The van der Waals surface area contributed by atoms with Crippen molar-refractivity contribution in [3.8, 4) is 0 Å². The number of ether oxygens (including phenoxy) is 1. The summed E-state index contributed by atoms with van der Waals surface area (Å²) in [5.41, 5.74) is 0.490. The second kappa shape index (κ2) is 7.34. The van der Waals surface area contributed by atoms with Gasteiger partial charge in [0.05, 0.1) is 6.42 Å². The van der Waals surface area contributed by atoms with Crippen molar-refractivity contribution in [2.24, 2.45) is 0 Å². The largest absolute Gasteiger partial charge is 0.461 e. The molecule has 0 saturated carbocycles. The minimum Gasteiger partial charge on any atom is -0.461 e. The predicted octanol–water partition coefficient (Wildman–Crippen LogP) is 1.37. The Bertz CT molecular complexity index is 711. The lowest BCUT2D eigenvalue weighted by atomic mass is 10.2. The van der Waals surface area contributed by atoms with Crippen molar-refractivity contribution in [3.05, 3.63) is 51.0 Å². The van der Waals surface area contributed by atoms with Crippen LogP contribution in [-0.4, -0.2) is 27.7 Å². The first-order chi connectivity index (χ1) is 10.1. The van der Waals surface area contributed by atoms with E-state index in [1.807, 2.05) is 30.3 Å². The molecule has 21 heavy (non-hydrogen) atoms. The van der Waals surface area contributed by atoms with Gasteiger partial charge in [-0.25, -0.2) is 0 Å². The summed E-state index contributed by atoms with van der Waals surface area (Å²) in [7, 11) is 0. The van der Waals surface area contributed by atoms with Gasteiger partial charge in [0.25, 0.3) is 5.56 Å². The maximum atomic E-state index is 11.6. The van der Waals surface area contributed by atoms with Crippen LogP contribution in [0.15, 0.2) is 35.1 Å². The van der Waals surface area contributed by atoms with Crippen LogP contribution < -0.4 is 10.9 Å². The van der Waals surface area contributed by atoms with Crippen LogP contribution in [0.3, 0.4) is 0 Å². The fraction of sp³-hybridized carbons (Fsp3) is 0.231. The average Bonchev–Trinajstić information content (AvgIpc) is 2.48. The first-order valence-electron chi connectivity index (χ1n) is 6.27. The van der Waals surface area contributed by atoms with Crippen molar-refractivity contribution in [3.63, 3.8) is 0 Å². The third-order valence-corrected chi connectivity index (χ3v) is 2.77. The fourth-order valence-electron chi connectivity index (χ4n) is 1.56. The van der Waals surface area contributed by atoms with Crippen LogP contribution in [0.2, 0.25) is 0 Å². The monoisotopic (exact) mass is 306 g/mol. The molecule has 0 spiro atoms. The molecule has 2 rings (SSSR count). The molecule has 0 unspecified atom stereocenters. The molecule has 110 valence electrons. The molecule has 0 aliphatic carbocycles. The molecule has 0 saturated heterocycles. The van der Waals surface area contributed by atoms with E-state index in [1.165, 1.54) is 0 Å². The number of carbonyl (C=O) groups excluding carboxylic acids is 1. The van der Waals surface area contributed by atoms with Crippen molar-refractivity contribution >= 4 is 24.0 Å². The summed E-state index contributed by atoms with van der Waals surface area (Å²) in [4.78, 5) is 25.4. The number of rotatable bonds is 6. The summed E-state index contributed by atoms with van der Waals surface area (Å²) in [6.07, 6.45) is 0.129. The van der Waals surface area contributed by atoms with Gasteiger partial charge in [0.2, 0.25) is 5.82 Å². The summed E-state index contributed by atoms with van der Waals surface area (Å²) >= 11 is 4.72. The first kappa shape index (κ1) is 14.9. The molecule has 0 bridgehead atoms. The van der Waals surface area contributed by atoms with Crippen LogP contribution in [0.25, 0.3) is 0 Å². The van der Waals surface area contributed by atoms with E-state index in [0.717, 1.165) is 5.56 Å². The summed E-state index contributed by atoms with van der Waals surface area (Å²) < 4.78 is 5.25. The summed E-state index contributed by atoms with van der Waals surface area (Å²) in [5, 5.41) is 8.92. The lowest BCUT2D eigenvalue weighted by Crippen LogP contribution is -2.20. The van der Waals surface area contributed by atoms with Crippen molar-refractivity contribution in [1.82, 2.24) is 15.2 Å². The summed E-state index contributed by atoms with van der Waals surface area (Å²) in [6, 6.07) is 9.40. The number of nitrogens with one attached hydrogen (secondary N) is 3. The topological polar surface area (TPSA) is 99.9 Å². The van der Waals surface area contributed by atoms with Gasteiger partial charge in [0.15, 0.2) is 4.77 Å². The molecule has 1 aromatic heterocycles. The number of hydrogen-bond donors (Lipinski definition) is 3. The highest BCUT2D eigenvalue weighted by Gasteiger charge is 2.05. The Morgan fingerprint density at radius 2 is 2.10 bits per heavy atom. The number of carbonyl (C=O) groups is 1. The van der Waals surface area contributed by atoms with Gasteiger partial charge >= 0.3 is 5.97 Å². The van der Waals surface area contributed by atoms with E-state index in [0.29, 0.717) is 0 Å². The number of hydrogen-bond acceptors (Lipinski definition) is 6. The second-order valence-corrected chi connectivity index (χ2v) is 4.59. The SMILES string of the molecule is O=C(CCNc1n[nH]c(=S)[nH]c1=O)OCc1ccccc1. The van der Waals surface area contributed by atoms with Gasteiger partial charge in [-0.1, -0.05) is 30.3 Å². The number of aromatic amines is 2. The van der Waals surface area contributed by atoms with E-state index in [4.69, 9.17) is 17.0 Å². The molecule has 0 atom stereocenters. The maximum Gasteiger partial charge on any atom is 0.307 e. The molecule has 7 nitrogen and oxygen atoms in total. The predicted molar refractivity (Wildman–Crippen MR) is 79.4 cm³/mol. The van der Waals surface area contributed by atoms with Gasteiger partial charge in [-0.3, -0.25) is 19.7 Å². The lowest BCUT2D eigenvalue weighted by molar-refractivity contribution is -0.144. The number of benzene rings is 1. The molecule has 3 N–H and O–H groups in total. The smallest absolute Gasteiger partial charge is 0.307 e. The molecule has 1 heterocycles. The number of esters is 1. The number of nitrogens with zero attached hydrogens (tertiary/aromatic N) is 1. The average molecular weight is 306 g/mol. The Morgan fingerprint density at radius 1 is 1.33 bits per heavy atom. The third kappa shape index (κ3) is 4.84. The van der Waals surface area contributed by atoms with Crippen molar-refractivity contribution in [1.29, 1.82) is 0 Å². The maximum absolute atomic E-state index is 11.6. The Morgan fingerprint density at radius 3 is 2.81 bits per heavy atom. The van der Waals surface area contributed by atoms with Gasteiger partial charge in [-0.15, -0.1) is 5.10 Å². The Kier molecular flexibility index (Phi) is 5.22. The van der Waals surface area contributed by atoms with Crippen LogP contribution in [0, 0.1) is 4.77 Å². The highest BCUT2D eigenvalue weighted by Crippen LogP contribution is 2.01. The Labute approximate surface area is 125 Å². The Hall–Kier alpha value is -2.48. The van der Waals surface area contributed by atoms with Crippen molar-refractivity contribution < 1.29 is 9.53 Å². The molecular formula is C13H14N4O3S. The van der Waals surface area contributed by atoms with E-state index in [2.05, 4.69) is 20.5 Å². The number of H-pyrrole nitrogens is 2. The van der Waals surface area contributed by atoms with Gasteiger partial charge in [-0.05, 0) is 17.8 Å². The standard InChI is InChI=1S/C13H14N4O3S/c18-10(20-8-9-4-2-1-3-5-9)6-7-14-11-12(19)15-13(21)17-16-11/h1-5H,6-8H2,(H,14,16)(H2,15,17,19,21). The highest BCUT2D eigenvalue weighted by molar-refractivity contribution is 7.71. The molecule has 2 aromatic rings. The van der Waals surface area contributed by atoms with Crippen LogP contribution in [0.5, 0.6) is 0 Å². The van der Waals surface area contributed by atoms with E-state index in [1.54, 1.807) is 0 Å². The van der Waals surface area contributed by atoms with E-state index < -0.39 is 5.56 Å². The number of anilines is 1. The minimum atomic E-state index is -0.434. The molecular weight excluding hydrogens is 292 g/mol. The zero-order valence-corrected chi connectivity index (χ0v) is 11.9. The Balaban J connectivity index is 1.74. The first-order valence-corrected chi connectivity index (χ1v) is 6.68. The van der Waals surface area contributed by atoms with E-state index in [9.17, 15) is 9.59 Å². The van der Waals surface area contributed by atoms with Gasteiger partial charge < -0.3 is 10.1 Å². The zero-order chi connectivity index (χ0) is 15.1. The summed E-state index contributed by atoms with van der Waals surface area (Å²) in [5.74, 6) is -0.272. The molecule has 0 fully saturated rings. The van der Waals surface area contributed by atoms with E-state index in [-0.39, 0.29) is 36.1 Å². The summed E-state index contributed by atoms with van der Waals surface area (Å²) in [6.45, 7) is 0.477. The lowest BCUT2D eigenvalue weighted by Gasteiger charge is -2.06. The van der Waals surface area contributed by atoms with Crippen LogP contribution >= 0.6 is 12.2 Å². The minimum absolute atomic E-state index is 0.0828. The van der Waals surface area contributed by atoms with Crippen LogP contribution in [0.1, 0.15) is 12.0 Å². The normalized spacial score (nSPS) is 10.1. The van der Waals surface area contributed by atoms with Crippen LogP contribution in [0.4, 0.5) is 5.82 Å². The van der Waals surface area contributed by atoms with Crippen molar-refractivity contribution in [2.45, 2.75) is 13.0 Å². The van der Waals surface area contributed by atoms with Gasteiger partial charge in [0, 0.05) is 6.54 Å². The fourth-order valence-corrected chi connectivity index (χ4v) is 1.70. The second-order valence-electron chi connectivity index (χ2n) is 4.18. The van der Waals surface area contributed by atoms with E-state index >= 15 is 0 Å². The number of aromatic nitrogens is 3. The molecule has 8 heteroatoms. The quantitative estimate of drug-likeness (QED) is 0.550. The third-order valence-electron chi connectivity index (χ3n) is 2.58. The molecule has 1 aromatic carbocycles. The van der Waals surface area contributed by atoms with Gasteiger partial charge in [0.1, 0.15) is 6.61 Å². The van der Waals surface area contributed by atoms with Crippen LogP contribution in [-0.2, 0) is 16.1 Å². The molecule has 0 aliphatic rings. The molecule has 0 amide bonds. The van der Waals surface area contributed by atoms with Crippen molar-refractivity contribution in [2.75, 3.05) is 11.9 Å². The molecule has 0 radical (unpaired) electrons. The van der Waals surface area contributed by atoms with Gasteiger partial charge in [-0.2, -0.15) is 0 Å². The zero-order valence-electron chi connectivity index (χ0n) is 11.1. The molecule has 0 aliphatic heterocycles. The highest BCUT2D eigenvalue weighted by atomic mass is 32.1.